The van der Waals surface area contributed by atoms with Crippen LogP contribution in [0.5, 0.6) is 0 Å². The molecule has 0 aliphatic carbocycles. The second-order valence-electron chi connectivity index (χ2n) is 5.86. The molecule has 0 radical (unpaired) electrons. The molecule has 2 heterocycles. The first-order chi connectivity index (χ1) is 10.9. The van der Waals surface area contributed by atoms with Gasteiger partial charge in [-0.05, 0) is 32.3 Å². The largest absolute Gasteiger partial charge is 0.324 e. The number of anilines is 1. The second kappa shape index (κ2) is 7.83. The standard InChI is InChI=1S/C15H24N4O3S/c1-3-4-11-23(21,22)19-9-6-13(7-10-19)15(20)17-14-5-8-16-18-12(14)2/h5,8,13H,3-4,6-7,9-11H2,1-2H3,(H,16,17,20). The molecular weight excluding hydrogens is 316 g/mol. The SMILES string of the molecule is CCCCS(=O)(=O)N1CCC(C(=O)Nc2ccnnc2C)CC1. The number of aryl methyl sites for hydroxylation is 1. The summed E-state index contributed by atoms with van der Waals surface area (Å²) in [5.74, 6) is -0.0469. The van der Waals surface area contributed by atoms with Crippen LogP contribution in [0.3, 0.4) is 0 Å². The van der Waals surface area contributed by atoms with Crippen LogP contribution in [0.2, 0.25) is 0 Å². The number of aromatic nitrogens is 2. The Morgan fingerprint density at radius 2 is 2.09 bits per heavy atom. The Kier molecular flexibility index (Phi) is 6.06. The lowest BCUT2D eigenvalue weighted by Gasteiger charge is -2.30. The van der Waals surface area contributed by atoms with Crippen molar-refractivity contribution in [1.29, 1.82) is 0 Å². The van der Waals surface area contributed by atoms with Gasteiger partial charge in [-0.15, -0.1) is 0 Å². The molecule has 2 rings (SSSR count). The van der Waals surface area contributed by atoms with Crippen LogP contribution in [-0.4, -0.2) is 47.7 Å². The van der Waals surface area contributed by atoms with Crippen molar-refractivity contribution >= 4 is 21.6 Å². The van der Waals surface area contributed by atoms with Gasteiger partial charge in [0, 0.05) is 19.0 Å². The molecule has 0 bridgehead atoms. The number of carbonyl (C=O) groups excluding carboxylic acids is 1. The molecule has 1 saturated heterocycles. The molecule has 1 fully saturated rings. The maximum Gasteiger partial charge on any atom is 0.227 e. The van der Waals surface area contributed by atoms with Gasteiger partial charge in [0.25, 0.3) is 0 Å². The Bertz CT molecular complexity index is 640. The molecule has 1 aromatic rings. The Labute approximate surface area is 137 Å². The van der Waals surface area contributed by atoms with Crippen molar-refractivity contribution < 1.29 is 13.2 Å². The van der Waals surface area contributed by atoms with Crippen molar-refractivity contribution in [2.45, 2.75) is 39.5 Å². The molecule has 23 heavy (non-hydrogen) atoms. The molecule has 0 spiro atoms. The summed E-state index contributed by atoms with van der Waals surface area (Å²) in [5.41, 5.74) is 1.32. The number of nitrogens with one attached hydrogen (secondary N) is 1. The summed E-state index contributed by atoms with van der Waals surface area (Å²) < 4.78 is 25.9. The maximum absolute atomic E-state index is 12.3. The Hall–Kier alpha value is -1.54. The van der Waals surface area contributed by atoms with Crippen LogP contribution < -0.4 is 5.32 Å². The van der Waals surface area contributed by atoms with Crippen LogP contribution in [0.25, 0.3) is 0 Å². The van der Waals surface area contributed by atoms with Crippen LogP contribution >= 0.6 is 0 Å². The predicted octanol–water partition coefficient (Wildman–Crippen LogP) is 1.57. The van der Waals surface area contributed by atoms with E-state index in [4.69, 9.17) is 0 Å². The highest BCUT2D eigenvalue weighted by Crippen LogP contribution is 2.22. The van der Waals surface area contributed by atoms with E-state index in [0.717, 1.165) is 6.42 Å². The molecule has 0 atom stereocenters. The zero-order valence-electron chi connectivity index (χ0n) is 13.7. The lowest BCUT2D eigenvalue weighted by atomic mass is 9.97. The monoisotopic (exact) mass is 340 g/mol. The van der Waals surface area contributed by atoms with Gasteiger partial charge in [-0.25, -0.2) is 12.7 Å². The van der Waals surface area contributed by atoms with Crippen molar-refractivity contribution in [3.63, 3.8) is 0 Å². The Balaban J connectivity index is 1.89. The molecule has 1 aliphatic heterocycles. The molecule has 0 aromatic carbocycles. The topological polar surface area (TPSA) is 92.3 Å². The van der Waals surface area contributed by atoms with Crippen LogP contribution in [0.1, 0.15) is 38.3 Å². The van der Waals surface area contributed by atoms with Gasteiger partial charge in [0.1, 0.15) is 0 Å². The third kappa shape index (κ3) is 4.71. The zero-order chi connectivity index (χ0) is 16.9. The van der Waals surface area contributed by atoms with E-state index in [1.807, 2.05) is 6.92 Å². The van der Waals surface area contributed by atoms with E-state index >= 15 is 0 Å². The average Bonchev–Trinajstić information content (AvgIpc) is 2.55. The van der Waals surface area contributed by atoms with Gasteiger partial charge in [-0.3, -0.25) is 4.79 Å². The molecular formula is C15H24N4O3S. The number of hydrogen-bond acceptors (Lipinski definition) is 5. The first-order valence-electron chi connectivity index (χ1n) is 8.01. The summed E-state index contributed by atoms with van der Waals surface area (Å²) in [6.45, 7) is 4.59. The van der Waals surface area contributed by atoms with Crippen molar-refractivity contribution in [2.24, 2.45) is 5.92 Å². The predicted molar refractivity (Wildman–Crippen MR) is 88.4 cm³/mol. The lowest BCUT2D eigenvalue weighted by molar-refractivity contribution is -0.120. The molecule has 1 aromatic heterocycles. The third-order valence-electron chi connectivity index (χ3n) is 4.14. The van der Waals surface area contributed by atoms with Gasteiger partial charge in [0.2, 0.25) is 15.9 Å². The summed E-state index contributed by atoms with van der Waals surface area (Å²) >= 11 is 0. The van der Waals surface area contributed by atoms with E-state index in [2.05, 4.69) is 15.5 Å². The summed E-state index contributed by atoms with van der Waals surface area (Å²) in [6.07, 6.45) is 4.17. The number of rotatable bonds is 6. The number of unbranched alkanes of at least 4 members (excludes halogenated alkanes) is 1. The molecule has 8 heteroatoms. The van der Waals surface area contributed by atoms with Gasteiger partial charge in [-0.1, -0.05) is 13.3 Å². The molecule has 128 valence electrons. The summed E-state index contributed by atoms with van der Waals surface area (Å²) in [5, 5.41) is 10.5. The minimum atomic E-state index is -3.18. The highest BCUT2D eigenvalue weighted by atomic mass is 32.2. The van der Waals surface area contributed by atoms with E-state index in [0.29, 0.717) is 43.7 Å². The molecule has 1 N–H and O–H groups in total. The average molecular weight is 340 g/mol. The number of carbonyl (C=O) groups is 1. The minimum Gasteiger partial charge on any atom is -0.324 e. The van der Waals surface area contributed by atoms with Crippen molar-refractivity contribution in [3.8, 4) is 0 Å². The molecule has 0 unspecified atom stereocenters. The fourth-order valence-corrected chi connectivity index (χ4v) is 4.30. The Morgan fingerprint density at radius 3 is 2.70 bits per heavy atom. The van der Waals surface area contributed by atoms with Crippen molar-refractivity contribution in [2.75, 3.05) is 24.2 Å². The Morgan fingerprint density at radius 1 is 1.39 bits per heavy atom. The van der Waals surface area contributed by atoms with Crippen LogP contribution in [0.15, 0.2) is 12.3 Å². The van der Waals surface area contributed by atoms with E-state index in [1.165, 1.54) is 10.5 Å². The number of nitrogens with zero attached hydrogens (tertiary/aromatic N) is 3. The van der Waals surface area contributed by atoms with Crippen molar-refractivity contribution in [3.05, 3.63) is 18.0 Å². The fourth-order valence-electron chi connectivity index (χ4n) is 2.62. The van der Waals surface area contributed by atoms with Gasteiger partial charge in [0.05, 0.1) is 23.3 Å². The highest BCUT2D eigenvalue weighted by Gasteiger charge is 2.30. The number of hydrogen-bond donors (Lipinski definition) is 1. The third-order valence-corrected chi connectivity index (χ3v) is 6.09. The van der Waals surface area contributed by atoms with E-state index in [9.17, 15) is 13.2 Å². The summed E-state index contributed by atoms with van der Waals surface area (Å²) in [4.78, 5) is 12.3. The maximum atomic E-state index is 12.3. The normalized spacial score (nSPS) is 17.1. The lowest BCUT2D eigenvalue weighted by Crippen LogP contribution is -2.42. The first-order valence-corrected chi connectivity index (χ1v) is 9.62. The second-order valence-corrected chi connectivity index (χ2v) is 7.95. The quantitative estimate of drug-likeness (QED) is 0.848. The van der Waals surface area contributed by atoms with Crippen LogP contribution in [0.4, 0.5) is 5.69 Å². The van der Waals surface area contributed by atoms with Gasteiger partial charge in [0.15, 0.2) is 0 Å². The minimum absolute atomic E-state index is 0.0771. The van der Waals surface area contributed by atoms with E-state index < -0.39 is 10.0 Å². The van der Waals surface area contributed by atoms with Crippen molar-refractivity contribution in [1.82, 2.24) is 14.5 Å². The summed E-state index contributed by atoms with van der Waals surface area (Å²) in [7, 11) is -3.18. The van der Waals surface area contributed by atoms with Crippen LogP contribution in [0, 0.1) is 12.8 Å². The van der Waals surface area contributed by atoms with Gasteiger partial charge < -0.3 is 5.32 Å². The first kappa shape index (κ1) is 17.8. The molecule has 1 aliphatic rings. The number of amides is 1. The number of sulfonamides is 1. The smallest absolute Gasteiger partial charge is 0.227 e. The zero-order valence-corrected chi connectivity index (χ0v) is 14.5. The molecule has 7 nitrogen and oxygen atoms in total. The molecule has 0 saturated carbocycles. The van der Waals surface area contributed by atoms with Gasteiger partial charge >= 0.3 is 0 Å². The van der Waals surface area contributed by atoms with Gasteiger partial charge in [-0.2, -0.15) is 10.2 Å². The molecule has 1 amide bonds. The summed E-state index contributed by atoms with van der Waals surface area (Å²) in [6, 6.07) is 1.71. The van der Waals surface area contributed by atoms with E-state index in [1.54, 1.807) is 13.0 Å². The number of piperidine rings is 1. The van der Waals surface area contributed by atoms with Crippen LogP contribution in [-0.2, 0) is 14.8 Å². The highest BCUT2D eigenvalue weighted by molar-refractivity contribution is 7.89. The fraction of sp³-hybridized carbons (Fsp3) is 0.667. The van der Waals surface area contributed by atoms with E-state index in [-0.39, 0.29) is 17.6 Å².